The lowest BCUT2D eigenvalue weighted by molar-refractivity contribution is 0.102. The van der Waals surface area contributed by atoms with Crippen molar-refractivity contribution >= 4 is 22.4 Å². The lowest BCUT2D eigenvalue weighted by Crippen LogP contribution is -2.13. The highest BCUT2D eigenvalue weighted by atomic mass is 32.1. The summed E-state index contributed by atoms with van der Waals surface area (Å²) < 4.78 is 1.79. The summed E-state index contributed by atoms with van der Waals surface area (Å²) in [6.45, 7) is 3.92. The van der Waals surface area contributed by atoms with Crippen LogP contribution in [0.2, 0.25) is 0 Å². The van der Waals surface area contributed by atoms with E-state index in [0.717, 1.165) is 27.4 Å². The number of carbonyl (C=O) groups is 1. The van der Waals surface area contributed by atoms with Crippen LogP contribution in [-0.2, 0) is 0 Å². The molecule has 5 nitrogen and oxygen atoms in total. The molecule has 0 saturated heterocycles. The Morgan fingerprint density at radius 1 is 1.00 bits per heavy atom. The van der Waals surface area contributed by atoms with Crippen molar-refractivity contribution in [2.45, 2.75) is 13.8 Å². The van der Waals surface area contributed by atoms with Gasteiger partial charge in [0.1, 0.15) is 0 Å². The van der Waals surface area contributed by atoms with Crippen molar-refractivity contribution in [2.75, 3.05) is 5.32 Å². The summed E-state index contributed by atoms with van der Waals surface area (Å²) >= 11 is 1.45. The van der Waals surface area contributed by atoms with Gasteiger partial charge in [-0.15, -0.1) is 0 Å². The predicted molar refractivity (Wildman–Crippen MR) is 109 cm³/mol. The molecule has 0 bridgehead atoms. The number of thiazole rings is 1. The fourth-order valence-electron chi connectivity index (χ4n) is 2.91. The number of aromatic nitrogens is 3. The van der Waals surface area contributed by atoms with Crippen LogP contribution in [0.4, 0.5) is 5.13 Å². The van der Waals surface area contributed by atoms with Crippen LogP contribution in [0.1, 0.15) is 21.6 Å². The SMILES string of the molecule is Cc1ccccc1-n1ncc(C(=O)Nc2ncc(-c3ccccc3)s2)c1C. The molecule has 4 aromatic rings. The van der Waals surface area contributed by atoms with Gasteiger partial charge in [0.25, 0.3) is 5.91 Å². The summed E-state index contributed by atoms with van der Waals surface area (Å²) in [6, 6.07) is 17.9. The van der Waals surface area contributed by atoms with Crippen molar-refractivity contribution in [1.29, 1.82) is 0 Å². The monoisotopic (exact) mass is 374 g/mol. The van der Waals surface area contributed by atoms with E-state index in [2.05, 4.69) is 15.4 Å². The van der Waals surface area contributed by atoms with Crippen LogP contribution in [0.3, 0.4) is 0 Å². The van der Waals surface area contributed by atoms with E-state index < -0.39 is 0 Å². The van der Waals surface area contributed by atoms with Gasteiger partial charge in [0.05, 0.1) is 28.0 Å². The van der Waals surface area contributed by atoms with Gasteiger partial charge in [0.2, 0.25) is 0 Å². The minimum Gasteiger partial charge on any atom is -0.298 e. The van der Waals surface area contributed by atoms with Gasteiger partial charge in [-0.2, -0.15) is 5.10 Å². The third-order valence-corrected chi connectivity index (χ3v) is 5.34. The van der Waals surface area contributed by atoms with Crippen LogP contribution in [0.25, 0.3) is 16.1 Å². The largest absolute Gasteiger partial charge is 0.298 e. The number of amides is 1. The Morgan fingerprint density at radius 2 is 1.74 bits per heavy atom. The zero-order chi connectivity index (χ0) is 18.8. The van der Waals surface area contributed by atoms with Gasteiger partial charge >= 0.3 is 0 Å². The maximum atomic E-state index is 12.7. The fourth-order valence-corrected chi connectivity index (χ4v) is 3.73. The molecule has 2 heterocycles. The van der Waals surface area contributed by atoms with Gasteiger partial charge in [-0.25, -0.2) is 9.67 Å². The molecule has 0 aliphatic rings. The number of benzene rings is 2. The van der Waals surface area contributed by atoms with Crippen LogP contribution in [0.15, 0.2) is 67.0 Å². The third-order valence-electron chi connectivity index (χ3n) is 4.38. The number of hydrogen-bond donors (Lipinski definition) is 1. The molecule has 27 heavy (non-hydrogen) atoms. The van der Waals surface area contributed by atoms with E-state index in [4.69, 9.17) is 0 Å². The smallest absolute Gasteiger partial charge is 0.260 e. The summed E-state index contributed by atoms with van der Waals surface area (Å²) in [5.41, 5.74) is 4.48. The van der Waals surface area contributed by atoms with Crippen LogP contribution in [0, 0.1) is 13.8 Å². The highest BCUT2D eigenvalue weighted by molar-refractivity contribution is 7.19. The normalized spacial score (nSPS) is 10.7. The van der Waals surface area contributed by atoms with Crippen molar-refractivity contribution in [3.63, 3.8) is 0 Å². The first-order valence-corrected chi connectivity index (χ1v) is 9.38. The topological polar surface area (TPSA) is 59.8 Å². The summed E-state index contributed by atoms with van der Waals surface area (Å²) in [4.78, 5) is 18.1. The molecule has 0 aliphatic heterocycles. The average Bonchev–Trinajstić information content (AvgIpc) is 3.30. The Bertz CT molecular complexity index is 1100. The molecular formula is C21H18N4OS. The van der Waals surface area contributed by atoms with Crippen molar-refractivity contribution < 1.29 is 4.79 Å². The van der Waals surface area contributed by atoms with Crippen LogP contribution in [-0.4, -0.2) is 20.7 Å². The van der Waals surface area contributed by atoms with Crippen molar-refractivity contribution in [1.82, 2.24) is 14.8 Å². The van der Waals surface area contributed by atoms with E-state index in [-0.39, 0.29) is 5.91 Å². The predicted octanol–water partition coefficient (Wildman–Crippen LogP) is 4.86. The molecule has 0 fully saturated rings. The maximum absolute atomic E-state index is 12.7. The number of nitrogens with zero attached hydrogens (tertiary/aromatic N) is 3. The standard InChI is InChI=1S/C21H18N4OS/c1-14-8-6-7-11-18(14)25-15(2)17(12-23-25)20(26)24-21-22-13-19(27-21)16-9-4-3-5-10-16/h3-13H,1-2H3,(H,22,24,26). The molecule has 4 rings (SSSR count). The second-order valence-corrected chi connectivity index (χ2v) is 7.22. The number of carbonyl (C=O) groups excluding carboxylic acids is 1. The lowest BCUT2D eigenvalue weighted by Gasteiger charge is -2.08. The second-order valence-electron chi connectivity index (χ2n) is 6.19. The van der Waals surface area contributed by atoms with Gasteiger partial charge in [-0.1, -0.05) is 59.9 Å². The van der Waals surface area contributed by atoms with E-state index in [0.29, 0.717) is 10.7 Å². The fraction of sp³-hybridized carbons (Fsp3) is 0.0952. The van der Waals surface area contributed by atoms with Crippen LogP contribution >= 0.6 is 11.3 Å². The molecule has 0 saturated carbocycles. The molecule has 0 unspecified atom stereocenters. The van der Waals surface area contributed by atoms with E-state index in [9.17, 15) is 4.79 Å². The van der Waals surface area contributed by atoms with Crippen molar-refractivity contribution in [3.05, 3.63) is 83.8 Å². The van der Waals surface area contributed by atoms with Gasteiger partial charge in [-0.3, -0.25) is 10.1 Å². The third kappa shape index (κ3) is 3.39. The Balaban J connectivity index is 1.56. The van der Waals surface area contributed by atoms with Crippen LogP contribution < -0.4 is 5.32 Å². The highest BCUT2D eigenvalue weighted by Crippen LogP contribution is 2.29. The number of anilines is 1. The summed E-state index contributed by atoms with van der Waals surface area (Å²) in [5.74, 6) is -0.207. The molecule has 2 aromatic heterocycles. The Morgan fingerprint density at radius 3 is 2.52 bits per heavy atom. The Hall–Kier alpha value is -3.25. The number of nitrogens with one attached hydrogen (secondary N) is 1. The maximum Gasteiger partial charge on any atom is 0.260 e. The van der Waals surface area contributed by atoms with Gasteiger partial charge in [0, 0.05) is 6.20 Å². The number of rotatable bonds is 4. The van der Waals surface area contributed by atoms with E-state index in [1.807, 2.05) is 68.4 Å². The highest BCUT2D eigenvalue weighted by Gasteiger charge is 2.17. The molecule has 2 aromatic carbocycles. The zero-order valence-corrected chi connectivity index (χ0v) is 15.8. The number of aryl methyl sites for hydroxylation is 1. The Labute approximate surface area is 161 Å². The van der Waals surface area contributed by atoms with Gasteiger partial charge < -0.3 is 0 Å². The molecule has 0 atom stereocenters. The molecule has 134 valence electrons. The number of para-hydroxylation sites is 1. The average molecular weight is 374 g/mol. The quantitative estimate of drug-likeness (QED) is 0.555. The minimum atomic E-state index is -0.207. The lowest BCUT2D eigenvalue weighted by atomic mass is 10.2. The minimum absolute atomic E-state index is 0.207. The molecule has 0 radical (unpaired) electrons. The molecule has 0 spiro atoms. The van der Waals surface area contributed by atoms with E-state index in [1.165, 1.54) is 11.3 Å². The van der Waals surface area contributed by atoms with E-state index >= 15 is 0 Å². The summed E-state index contributed by atoms with van der Waals surface area (Å²) in [5, 5.41) is 7.86. The van der Waals surface area contributed by atoms with Gasteiger partial charge in [0.15, 0.2) is 5.13 Å². The molecule has 1 amide bonds. The van der Waals surface area contributed by atoms with Crippen LogP contribution in [0.5, 0.6) is 0 Å². The van der Waals surface area contributed by atoms with Crippen molar-refractivity contribution in [2.24, 2.45) is 0 Å². The first-order chi connectivity index (χ1) is 13.1. The van der Waals surface area contributed by atoms with E-state index in [1.54, 1.807) is 17.1 Å². The van der Waals surface area contributed by atoms with Gasteiger partial charge in [-0.05, 0) is 31.0 Å². The zero-order valence-electron chi connectivity index (χ0n) is 15.0. The molecule has 0 aliphatic carbocycles. The Kier molecular flexibility index (Phi) is 4.56. The molecule has 6 heteroatoms. The first kappa shape index (κ1) is 17.2. The number of hydrogen-bond acceptors (Lipinski definition) is 4. The van der Waals surface area contributed by atoms with Crippen molar-refractivity contribution in [3.8, 4) is 16.1 Å². The molecule has 1 N–H and O–H groups in total. The second kappa shape index (κ2) is 7.17. The first-order valence-electron chi connectivity index (χ1n) is 8.56. The summed E-state index contributed by atoms with van der Waals surface area (Å²) in [6.07, 6.45) is 3.38. The summed E-state index contributed by atoms with van der Waals surface area (Å²) in [7, 11) is 0. The molecular weight excluding hydrogens is 356 g/mol.